The number of anilines is 1. The van der Waals surface area contributed by atoms with Crippen LogP contribution in [0.25, 0.3) is 11.3 Å². The quantitative estimate of drug-likeness (QED) is 0.652. The van der Waals surface area contributed by atoms with Gasteiger partial charge < -0.3 is 5.73 Å². The van der Waals surface area contributed by atoms with Gasteiger partial charge in [0.15, 0.2) is 0 Å². The van der Waals surface area contributed by atoms with Gasteiger partial charge in [-0.1, -0.05) is 0 Å². The molecule has 0 atom stereocenters. The Balaban J connectivity index is 2.57. The summed E-state index contributed by atoms with van der Waals surface area (Å²) in [4.78, 5) is 0. The molecular weight excluding hydrogens is 169 g/mol. The Kier molecular flexibility index (Phi) is 1.73. The molecule has 13 heavy (non-hydrogen) atoms. The van der Waals surface area contributed by atoms with Crippen LogP contribution in [0.3, 0.4) is 0 Å². The summed E-state index contributed by atoms with van der Waals surface area (Å²) in [6.45, 7) is 0. The van der Waals surface area contributed by atoms with Crippen LogP contribution in [-0.4, -0.2) is 10.2 Å². The van der Waals surface area contributed by atoms with Gasteiger partial charge in [0.25, 0.3) is 0 Å². The average molecular weight is 177 g/mol. The van der Waals surface area contributed by atoms with Crippen LogP contribution in [0.15, 0.2) is 30.5 Å². The highest BCUT2D eigenvalue weighted by Crippen LogP contribution is 2.22. The number of nitrogen functional groups attached to an aromatic ring is 1. The van der Waals surface area contributed by atoms with Crippen molar-refractivity contribution in [2.75, 3.05) is 5.73 Å². The lowest BCUT2D eigenvalue weighted by Gasteiger charge is -2.00. The third-order valence-corrected chi connectivity index (χ3v) is 1.78. The van der Waals surface area contributed by atoms with Crippen molar-refractivity contribution in [3.8, 4) is 11.3 Å². The van der Waals surface area contributed by atoms with Crippen LogP contribution in [-0.2, 0) is 0 Å². The first-order valence-corrected chi connectivity index (χ1v) is 3.82. The monoisotopic (exact) mass is 177 g/mol. The van der Waals surface area contributed by atoms with Crippen LogP contribution >= 0.6 is 0 Å². The Hall–Kier alpha value is -1.84. The number of nitrogens with one attached hydrogen (secondary N) is 1. The molecule has 0 aliphatic heterocycles. The van der Waals surface area contributed by atoms with Crippen molar-refractivity contribution in [1.29, 1.82) is 0 Å². The number of aromatic amines is 1. The molecule has 0 unspecified atom stereocenters. The first-order chi connectivity index (χ1) is 6.27. The maximum atomic E-state index is 13.2. The van der Waals surface area contributed by atoms with E-state index in [0.717, 1.165) is 0 Å². The number of aromatic nitrogens is 2. The van der Waals surface area contributed by atoms with Crippen molar-refractivity contribution < 1.29 is 4.39 Å². The Labute approximate surface area is 74.4 Å². The lowest BCUT2D eigenvalue weighted by Crippen LogP contribution is -1.89. The van der Waals surface area contributed by atoms with E-state index in [1.54, 1.807) is 18.3 Å². The molecule has 66 valence electrons. The van der Waals surface area contributed by atoms with E-state index >= 15 is 0 Å². The second kappa shape index (κ2) is 2.90. The summed E-state index contributed by atoms with van der Waals surface area (Å²) in [7, 11) is 0. The fraction of sp³-hybridized carbons (Fsp3) is 0. The fourth-order valence-electron chi connectivity index (χ4n) is 1.16. The van der Waals surface area contributed by atoms with Crippen LogP contribution in [0.5, 0.6) is 0 Å². The van der Waals surface area contributed by atoms with Crippen molar-refractivity contribution in [1.82, 2.24) is 10.2 Å². The van der Waals surface area contributed by atoms with E-state index in [4.69, 9.17) is 5.73 Å². The van der Waals surface area contributed by atoms with Crippen molar-refractivity contribution in [2.45, 2.75) is 0 Å². The first kappa shape index (κ1) is 7.79. The molecule has 1 heterocycles. The third-order valence-electron chi connectivity index (χ3n) is 1.78. The summed E-state index contributed by atoms with van der Waals surface area (Å²) in [5, 5.41) is 6.41. The van der Waals surface area contributed by atoms with Crippen LogP contribution < -0.4 is 5.73 Å². The number of halogens is 1. The van der Waals surface area contributed by atoms with Crippen molar-refractivity contribution in [2.24, 2.45) is 0 Å². The van der Waals surface area contributed by atoms with E-state index in [9.17, 15) is 4.39 Å². The molecule has 0 spiro atoms. The maximum absolute atomic E-state index is 13.2. The highest BCUT2D eigenvalue weighted by molar-refractivity contribution is 5.64. The van der Waals surface area contributed by atoms with Gasteiger partial charge in [0.2, 0.25) is 0 Å². The minimum Gasteiger partial charge on any atom is -0.399 e. The number of hydrogen-bond donors (Lipinski definition) is 2. The number of nitrogens with two attached hydrogens (primary N) is 1. The van der Waals surface area contributed by atoms with Crippen molar-refractivity contribution >= 4 is 5.69 Å². The number of H-pyrrole nitrogens is 1. The highest BCUT2D eigenvalue weighted by atomic mass is 19.1. The van der Waals surface area contributed by atoms with Crippen LogP contribution in [0.4, 0.5) is 10.1 Å². The Morgan fingerprint density at radius 1 is 1.31 bits per heavy atom. The lowest BCUT2D eigenvalue weighted by atomic mass is 10.1. The van der Waals surface area contributed by atoms with Gasteiger partial charge in [-0.3, -0.25) is 5.10 Å². The van der Waals surface area contributed by atoms with E-state index in [-0.39, 0.29) is 5.82 Å². The molecule has 3 N–H and O–H groups in total. The molecule has 4 heteroatoms. The van der Waals surface area contributed by atoms with Gasteiger partial charge in [0.1, 0.15) is 5.82 Å². The largest absolute Gasteiger partial charge is 0.399 e. The van der Waals surface area contributed by atoms with Crippen LogP contribution in [0.1, 0.15) is 0 Å². The highest BCUT2D eigenvalue weighted by Gasteiger charge is 2.05. The summed E-state index contributed by atoms with van der Waals surface area (Å²) in [6.07, 6.45) is 1.57. The zero-order chi connectivity index (χ0) is 9.26. The smallest absolute Gasteiger partial charge is 0.132 e. The van der Waals surface area contributed by atoms with Gasteiger partial charge in [0, 0.05) is 17.4 Å². The molecule has 2 rings (SSSR count). The van der Waals surface area contributed by atoms with Gasteiger partial charge in [-0.05, 0) is 24.3 Å². The molecule has 2 aromatic rings. The Morgan fingerprint density at radius 3 is 2.85 bits per heavy atom. The number of benzene rings is 1. The SMILES string of the molecule is Nc1ccc(F)c(-c2ccn[nH]2)c1. The van der Waals surface area contributed by atoms with Crippen LogP contribution in [0.2, 0.25) is 0 Å². The Bertz CT molecular complexity index is 409. The molecule has 0 saturated heterocycles. The number of hydrogen-bond acceptors (Lipinski definition) is 2. The molecule has 1 aromatic carbocycles. The van der Waals surface area contributed by atoms with E-state index in [0.29, 0.717) is 16.9 Å². The van der Waals surface area contributed by atoms with Gasteiger partial charge >= 0.3 is 0 Å². The second-order valence-electron chi connectivity index (χ2n) is 2.71. The Morgan fingerprint density at radius 2 is 2.15 bits per heavy atom. The summed E-state index contributed by atoms with van der Waals surface area (Å²) >= 11 is 0. The van der Waals surface area contributed by atoms with Gasteiger partial charge in [-0.2, -0.15) is 5.10 Å². The standard InChI is InChI=1S/C9H8FN3/c10-8-2-1-6(11)5-7(8)9-3-4-12-13-9/h1-5H,11H2,(H,12,13). The zero-order valence-corrected chi connectivity index (χ0v) is 6.79. The molecular formula is C9H8FN3. The zero-order valence-electron chi connectivity index (χ0n) is 6.79. The summed E-state index contributed by atoms with van der Waals surface area (Å²) in [6, 6.07) is 6.13. The van der Waals surface area contributed by atoms with E-state index in [2.05, 4.69) is 10.2 Å². The predicted octanol–water partition coefficient (Wildman–Crippen LogP) is 1.80. The van der Waals surface area contributed by atoms with Crippen molar-refractivity contribution in [3.63, 3.8) is 0 Å². The maximum Gasteiger partial charge on any atom is 0.132 e. The molecule has 0 fully saturated rings. The number of rotatable bonds is 1. The minimum absolute atomic E-state index is 0.307. The average Bonchev–Trinajstić information content (AvgIpc) is 2.61. The molecule has 3 nitrogen and oxygen atoms in total. The first-order valence-electron chi connectivity index (χ1n) is 3.82. The van der Waals surface area contributed by atoms with Crippen molar-refractivity contribution in [3.05, 3.63) is 36.3 Å². The van der Waals surface area contributed by atoms with E-state index in [1.165, 1.54) is 12.1 Å². The minimum atomic E-state index is -0.307. The molecule has 0 radical (unpaired) electrons. The van der Waals surface area contributed by atoms with Gasteiger partial charge in [-0.15, -0.1) is 0 Å². The fourth-order valence-corrected chi connectivity index (χ4v) is 1.16. The van der Waals surface area contributed by atoms with Gasteiger partial charge in [-0.25, -0.2) is 4.39 Å². The molecule has 0 aliphatic carbocycles. The van der Waals surface area contributed by atoms with Gasteiger partial charge in [0.05, 0.1) is 5.69 Å². The topological polar surface area (TPSA) is 54.7 Å². The lowest BCUT2D eigenvalue weighted by molar-refractivity contribution is 0.631. The predicted molar refractivity (Wildman–Crippen MR) is 48.4 cm³/mol. The summed E-state index contributed by atoms with van der Waals surface area (Å²) in [5.41, 5.74) is 7.14. The number of nitrogens with zero attached hydrogens (tertiary/aromatic N) is 1. The van der Waals surface area contributed by atoms with E-state index in [1.807, 2.05) is 0 Å². The molecule has 0 saturated carbocycles. The molecule has 0 aliphatic rings. The summed E-state index contributed by atoms with van der Waals surface area (Å²) in [5.74, 6) is -0.307. The second-order valence-corrected chi connectivity index (χ2v) is 2.71. The molecule has 1 aromatic heterocycles. The van der Waals surface area contributed by atoms with Crippen LogP contribution in [0, 0.1) is 5.82 Å². The summed E-state index contributed by atoms with van der Waals surface area (Å²) < 4.78 is 13.2. The normalized spacial score (nSPS) is 10.2. The molecule has 0 bridgehead atoms. The molecule has 0 amide bonds. The van der Waals surface area contributed by atoms with E-state index < -0.39 is 0 Å². The third kappa shape index (κ3) is 1.38.